The van der Waals surface area contributed by atoms with E-state index in [-0.39, 0.29) is 5.91 Å². The number of alkyl halides is 1. The van der Waals surface area contributed by atoms with Crippen LogP contribution in [0.5, 0.6) is 0 Å². The summed E-state index contributed by atoms with van der Waals surface area (Å²) in [6.45, 7) is 0.997. The smallest absolute Gasteiger partial charge is 0.254 e. The lowest BCUT2D eigenvalue weighted by molar-refractivity contribution is 0.0666. The van der Waals surface area contributed by atoms with Crippen molar-refractivity contribution in [2.75, 3.05) is 13.1 Å². The molecular formula is C12H12ClFINO. The summed E-state index contributed by atoms with van der Waals surface area (Å²) in [6.07, 6.45) is 0.120. The summed E-state index contributed by atoms with van der Waals surface area (Å²) in [7, 11) is 0. The van der Waals surface area contributed by atoms with Gasteiger partial charge < -0.3 is 4.90 Å². The molecule has 2 rings (SSSR count). The quantitative estimate of drug-likeness (QED) is 0.696. The number of hydrogen-bond acceptors (Lipinski definition) is 1. The maximum atomic E-state index is 13.0. The number of amides is 1. The zero-order chi connectivity index (χ0) is 12.4. The topological polar surface area (TPSA) is 20.3 Å². The summed E-state index contributed by atoms with van der Waals surface area (Å²) in [6, 6.07) is 5.20. The van der Waals surface area contributed by atoms with E-state index in [1.54, 1.807) is 23.1 Å². The second kappa shape index (κ2) is 5.52. The molecule has 0 aromatic heterocycles. The molecule has 1 heterocycles. The molecule has 0 aliphatic carbocycles. The standard InChI is InChI=1S/C12H12ClFINO/c13-8-1-2-10(11(15)7-8)12(17)16-5-3-9(14)4-6-16/h1-2,7,9H,3-6H2. The molecule has 1 aliphatic heterocycles. The summed E-state index contributed by atoms with van der Waals surface area (Å²) in [5.41, 5.74) is 0.646. The molecule has 1 fully saturated rings. The van der Waals surface area contributed by atoms with E-state index in [1.165, 1.54) is 0 Å². The van der Waals surface area contributed by atoms with Gasteiger partial charge in [-0.3, -0.25) is 4.79 Å². The normalized spacial score (nSPS) is 17.2. The van der Waals surface area contributed by atoms with Gasteiger partial charge in [-0.25, -0.2) is 4.39 Å². The molecule has 5 heteroatoms. The fourth-order valence-electron chi connectivity index (χ4n) is 1.88. The summed E-state index contributed by atoms with van der Waals surface area (Å²) in [5.74, 6) is -0.0297. The molecule has 0 N–H and O–H groups in total. The third kappa shape index (κ3) is 3.10. The van der Waals surface area contributed by atoms with Gasteiger partial charge >= 0.3 is 0 Å². The van der Waals surface area contributed by atoms with Gasteiger partial charge in [-0.2, -0.15) is 0 Å². The lowest BCUT2D eigenvalue weighted by atomic mass is 10.1. The molecule has 1 saturated heterocycles. The van der Waals surface area contributed by atoms with Crippen molar-refractivity contribution in [3.05, 3.63) is 32.4 Å². The SMILES string of the molecule is O=C(c1ccc(Cl)cc1I)N1CCC(F)CC1. The molecular weight excluding hydrogens is 355 g/mol. The van der Waals surface area contributed by atoms with Gasteiger partial charge in [0.2, 0.25) is 0 Å². The molecule has 0 atom stereocenters. The van der Waals surface area contributed by atoms with Crippen LogP contribution in [0.25, 0.3) is 0 Å². The molecule has 0 unspecified atom stereocenters. The molecule has 1 amide bonds. The molecule has 0 saturated carbocycles. The van der Waals surface area contributed by atoms with Gasteiger partial charge in [-0.15, -0.1) is 0 Å². The number of likely N-dealkylation sites (tertiary alicyclic amines) is 1. The Bertz CT molecular complexity index is 433. The minimum Gasteiger partial charge on any atom is -0.338 e. The number of rotatable bonds is 1. The van der Waals surface area contributed by atoms with Crippen LogP contribution in [0, 0.1) is 3.57 Å². The van der Waals surface area contributed by atoms with Gasteiger partial charge in [0.05, 0.1) is 5.56 Å². The predicted molar refractivity (Wildman–Crippen MR) is 74.2 cm³/mol. The van der Waals surface area contributed by atoms with Gasteiger partial charge in [-0.1, -0.05) is 11.6 Å². The summed E-state index contributed by atoms with van der Waals surface area (Å²) in [5, 5.41) is 0.619. The number of benzene rings is 1. The third-order valence-electron chi connectivity index (χ3n) is 2.87. The van der Waals surface area contributed by atoms with Gasteiger partial charge in [-0.05, 0) is 53.6 Å². The Hall–Kier alpha value is -0.360. The van der Waals surface area contributed by atoms with Crippen molar-refractivity contribution < 1.29 is 9.18 Å². The Labute approximate surface area is 118 Å². The molecule has 2 nitrogen and oxygen atoms in total. The molecule has 0 radical (unpaired) electrons. The molecule has 0 spiro atoms. The highest BCUT2D eigenvalue weighted by atomic mass is 127. The highest BCUT2D eigenvalue weighted by Crippen LogP contribution is 2.21. The fourth-order valence-corrected chi connectivity index (χ4v) is 2.99. The van der Waals surface area contributed by atoms with Gasteiger partial charge in [0.25, 0.3) is 5.91 Å². The van der Waals surface area contributed by atoms with Crippen LogP contribution in [-0.4, -0.2) is 30.1 Å². The number of piperidine rings is 1. The lowest BCUT2D eigenvalue weighted by Gasteiger charge is -2.29. The van der Waals surface area contributed by atoms with E-state index in [0.29, 0.717) is 36.5 Å². The van der Waals surface area contributed by atoms with E-state index >= 15 is 0 Å². The Morgan fingerprint density at radius 2 is 2.06 bits per heavy atom. The predicted octanol–water partition coefficient (Wildman–Crippen LogP) is 3.52. The maximum absolute atomic E-state index is 13.0. The molecule has 1 aromatic carbocycles. The molecule has 1 aliphatic rings. The van der Waals surface area contributed by atoms with Crippen molar-refractivity contribution in [3.63, 3.8) is 0 Å². The fraction of sp³-hybridized carbons (Fsp3) is 0.417. The number of nitrogens with zero attached hydrogens (tertiary/aromatic N) is 1. The van der Waals surface area contributed by atoms with Gasteiger partial charge in [0.15, 0.2) is 0 Å². The average molecular weight is 368 g/mol. The number of hydrogen-bond donors (Lipinski definition) is 0. The zero-order valence-electron chi connectivity index (χ0n) is 9.13. The second-order valence-electron chi connectivity index (χ2n) is 4.09. The zero-order valence-corrected chi connectivity index (χ0v) is 12.0. The van der Waals surface area contributed by atoms with Crippen LogP contribution < -0.4 is 0 Å². The van der Waals surface area contributed by atoms with E-state index in [1.807, 2.05) is 0 Å². The van der Waals surface area contributed by atoms with Crippen molar-refractivity contribution >= 4 is 40.1 Å². The first kappa shape index (κ1) is 13.1. The minimum atomic E-state index is -0.761. The molecule has 0 bridgehead atoms. The van der Waals surface area contributed by atoms with Crippen LogP contribution in [0.2, 0.25) is 5.02 Å². The monoisotopic (exact) mass is 367 g/mol. The Balaban J connectivity index is 2.14. The maximum Gasteiger partial charge on any atom is 0.254 e. The lowest BCUT2D eigenvalue weighted by Crippen LogP contribution is -2.39. The Morgan fingerprint density at radius 1 is 1.41 bits per heavy atom. The Morgan fingerprint density at radius 3 is 2.65 bits per heavy atom. The molecule has 1 aromatic rings. The summed E-state index contributed by atoms with van der Waals surface area (Å²) in [4.78, 5) is 13.9. The minimum absolute atomic E-state index is 0.0297. The van der Waals surface area contributed by atoms with E-state index in [2.05, 4.69) is 22.6 Å². The van der Waals surface area contributed by atoms with Crippen LogP contribution in [0.4, 0.5) is 4.39 Å². The van der Waals surface area contributed by atoms with Gasteiger partial charge in [0, 0.05) is 21.7 Å². The van der Waals surface area contributed by atoms with Crippen LogP contribution in [-0.2, 0) is 0 Å². The van der Waals surface area contributed by atoms with Crippen LogP contribution in [0.3, 0.4) is 0 Å². The van der Waals surface area contributed by atoms with Crippen molar-refractivity contribution in [3.8, 4) is 0 Å². The first-order valence-electron chi connectivity index (χ1n) is 5.46. The number of halogens is 3. The Kier molecular flexibility index (Phi) is 4.25. The van der Waals surface area contributed by atoms with E-state index in [0.717, 1.165) is 3.57 Å². The summed E-state index contributed by atoms with van der Waals surface area (Å²) < 4.78 is 13.8. The first-order chi connectivity index (χ1) is 8.08. The van der Waals surface area contributed by atoms with Crippen molar-refractivity contribution in [2.24, 2.45) is 0 Å². The van der Waals surface area contributed by atoms with E-state index in [4.69, 9.17) is 11.6 Å². The average Bonchev–Trinajstić information content (AvgIpc) is 2.29. The number of carbonyl (C=O) groups excluding carboxylic acids is 1. The van der Waals surface area contributed by atoms with E-state index in [9.17, 15) is 9.18 Å². The number of carbonyl (C=O) groups is 1. The summed E-state index contributed by atoms with van der Waals surface area (Å²) >= 11 is 7.94. The van der Waals surface area contributed by atoms with Crippen molar-refractivity contribution in [2.45, 2.75) is 19.0 Å². The third-order valence-corrected chi connectivity index (χ3v) is 4.00. The van der Waals surface area contributed by atoms with Crippen molar-refractivity contribution in [1.82, 2.24) is 4.90 Å². The van der Waals surface area contributed by atoms with E-state index < -0.39 is 6.17 Å². The van der Waals surface area contributed by atoms with Crippen LogP contribution in [0.1, 0.15) is 23.2 Å². The van der Waals surface area contributed by atoms with Crippen LogP contribution in [0.15, 0.2) is 18.2 Å². The molecule has 17 heavy (non-hydrogen) atoms. The van der Waals surface area contributed by atoms with Crippen molar-refractivity contribution in [1.29, 1.82) is 0 Å². The molecule has 92 valence electrons. The largest absolute Gasteiger partial charge is 0.338 e. The van der Waals surface area contributed by atoms with Crippen LogP contribution >= 0.6 is 34.2 Å². The second-order valence-corrected chi connectivity index (χ2v) is 5.69. The highest BCUT2D eigenvalue weighted by molar-refractivity contribution is 14.1. The van der Waals surface area contributed by atoms with Gasteiger partial charge in [0.1, 0.15) is 6.17 Å². The highest BCUT2D eigenvalue weighted by Gasteiger charge is 2.24. The first-order valence-corrected chi connectivity index (χ1v) is 6.92.